The first kappa shape index (κ1) is 10.8. The van der Waals surface area contributed by atoms with Crippen molar-refractivity contribution in [3.05, 3.63) is 28.3 Å². The summed E-state index contributed by atoms with van der Waals surface area (Å²) in [5.74, 6) is -2.44. The molecule has 0 spiro atoms. The van der Waals surface area contributed by atoms with Gasteiger partial charge in [-0.15, -0.1) is 0 Å². The highest BCUT2D eigenvalue weighted by Crippen LogP contribution is 2.24. The highest BCUT2D eigenvalue weighted by Gasteiger charge is 2.19. The van der Waals surface area contributed by atoms with E-state index in [1.54, 1.807) is 0 Å². The average Bonchev–Trinajstić information content (AvgIpc) is 2.02. The summed E-state index contributed by atoms with van der Waals surface area (Å²) < 4.78 is 37.0. The molecule has 14 heavy (non-hydrogen) atoms. The Morgan fingerprint density at radius 2 is 2.14 bits per heavy atom. The first-order chi connectivity index (χ1) is 6.43. The number of rotatable bonds is 2. The Hall–Kier alpha value is -1.30. The summed E-state index contributed by atoms with van der Waals surface area (Å²) in [6, 6.07) is 0.595. The smallest absolute Gasteiger partial charge is 0.268 e. The summed E-state index contributed by atoms with van der Waals surface area (Å²) >= 11 is 5.30. The minimum atomic E-state index is -3.07. The fourth-order valence-electron chi connectivity index (χ4n) is 0.811. The molecule has 76 valence electrons. The minimum Gasteiger partial charge on any atom is -0.366 e. The molecule has 1 rings (SSSR count). The van der Waals surface area contributed by atoms with Crippen LogP contribution < -0.4 is 5.73 Å². The van der Waals surface area contributed by atoms with Gasteiger partial charge in [-0.1, -0.05) is 11.6 Å². The van der Waals surface area contributed by atoms with Gasteiger partial charge in [-0.3, -0.25) is 4.79 Å². The van der Waals surface area contributed by atoms with Crippen molar-refractivity contribution in [2.45, 2.75) is 6.43 Å². The fraction of sp³-hybridized carbons (Fsp3) is 0.143. The van der Waals surface area contributed by atoms with Crippen LogP contribution >= 0.6 is 11.6 Å². The van der Waals surface area contributed by atoms with E-state index >= 15 is 0 Å². The van der Waals surface area contributed by atoms with E-state index in [0.29, 0.717) is 6.07 Å². The molecule has 0 aliphatic rings. The number of hydrogen-bond acceptors (Lipinski definition) is 2. The van der Waals surface area contributed by atoms with Crippen molar-refractivity contribution in [3.63, 3.8) is 0 Å². The molecule has 0 unspecified atom stereocenters. The molecule has 1 amide bonds. The summed E-state index contributed by atoms with van der Waals surface area (Å²) in [6.45, 7) is 0. The van der Waals surface area contributed by atoms with Crippen LogP contribution in [-0.4, -0.2) is 10.9 Å². The van der Waals surface area contributed by atoms with Crippen LogP contribution in [0.15, 0.2) is 6.07 Å². The molecule has 0 radical (unpaired) electrons. The van der Waals surface area contributed by atoms with Gasteiger partial charge in [-0.05, 0) is 6.07 Å². The Labute approximate surface area is 81.7 Å². The summed E-state index contributed by atoms with van der Waals surface area (Å²) in [5.41, 5.74) is 3.38. The maximum atomic E-state index is 12.7. The maximum Gasteiger partial charge on any atom is 0.268 e. The van der Waals surface area contributed by atoms with Crippen LogP contribution in [0.5, 0.6) is 0 Å². The third-order valence-electron chi connectivity index (χ3n) is 1.46. The fourth-order valence-corrected chi connectivity index (χ4v) is 1.03. The van der Waals surface area contributed by atoms with E-state index in [9.17, 15) is 18.0 Å². The number of carbonyl (C=O) groups excluding carboxylic acids is 1. The van der Waals surface area contributed by atoms with Gasteiger partial charge in [-0.2, -0.15) is 4.39 Å². The first-order valence-corrected chi connectivity index (χ1v) is 3.75. The second-order valence-electron chi connectivity index (χ2n) is 2.37. The molecule has 1 heterocycles. The van der Waals surface area contributed by atoms with E-state index in [1.165, 1.54) is 0 Å². The van der Waals surface area contributed by atoms with Gasteiger partial charge in [0.05, 0.1) is 11.1 Å². The second-order valence-corrected chi connectivity index (χ2v) is 2.73. The molecule has 1 aromatic heterocycles. The van der Waals surface area contributed by atoms with Gasteiger partial charge >= 0.3 is 0 Å². The van der Waals surface area contributed by atoms with Gasteiger partial charge in [0, 0.05) is 0 Å². The lowest BCUT2D eigenvalue weighted by Gasteiger charge is -2.04. The van der Waals surface area contributed by atoms with E-state index < -0.39 is 34.6 Å². The third-order valence-corrected chi connectivity index (χ3v) is 1.75. The zero-order valence-electron chi connectivity index (χ0n) is 6.60. The highest BCUT2D eigenvalue weighted by atomic mass is 35.5. The second kappa shape index (κ2) is 3.83. The van der Waals surface area contributed by atoms with Crippen LogP contribution in [0.4, 0.5) is 13.2 Å². The number of carbonyl (C=O) groups is 1. The Bertz CT molecular complexity index is 383. The molecule has 0 saturated heterocycles. The van der Waals surface area contributed by atoms with E-state index in [-0.39, 0.29) is 0 Å². The zero-order valence-corrected chi connectivity index (χ0v) is 7.36. The summed E-state index contributed by atoms with van der Waals surface area (Å²) in [5, 5.41) is -0.528. The van der Waals surface area contributed by atoms with Crippen LogP contribution in [-0.2, 0) is 0 Å². The maximum absolute atomic E-state index is 12.7. The number of aromatic nitrogens is 1. The van der Waals surface area contributed by atoms with Crippen LogP contribution in [0.25, 0.3) is 0 Å². The molecule has 1 aromatic rings. The molecule has 0 aliphatic heterocycles. The Kier molecular flexibility index (Phi) is 2.95. The van der Waals surface area contributed by atoms with Gasteiger partial charge < -0.3 is 5.73 Å². The molecule has 0 bridgehead atoms. The lowest BCUT2D eigenvalue weighted by molar-refractivity contribution is 0.0999. The molecule has 0 aliphatic carbocycles. The Balaban J connectivity index is 3.34. The number of hydrogen-bond donors (Lipinski definition) is 1. The van der Waals surface area contributed by atoms with Crippen LogP contribution in [0.2, 0.25) is 5.15 Å². The van der Waals surface area contributed by atoms with Gasteiger partial charge in [-0.25, -0.2) is 13.8 Å². The SMILES string of the molecule is NC(=O)c1cc(C(F)F)c(F)nc1Cl. The quantitative estimate of drug-likeness (QED) is 0.780. The van der Waals surface area contributed by atoms with Crippen LogP contribution in [0, 0.1) is 5.95 Å². The number of nitrogens with two attached hydrogens (primary N) is 1. The van der Waals surface area contributed by atoms with Crippen molar-refractivity contribution in [1.29, 1.82) is 0 Å². The molecular weight excluding hydrogens is 221 g/mol. The third kappa shape index (κ3) is 1.95. The van der Waals surface area contributed by atoms with Gasteiger partial charge in [0.25, 0.3) is 12.3 Å². The van der Waals surface area contributed by atoms with E-state index in [1.807, 2.05) is 0 Å². The van der Waals surface area contributed by atoms with Crippen molar-refractivity contribution in [1.82, 2.24) is 4.98 Å². The molecule has 2 N–H and O–H groups in total. The molecule has 0 atom stereocenters. The molecule has 7 heteroatoms. The summed E-state index contributed by atoms with van der Waals surface area (Å²) in [6.07, 6.45) is -3.07. The van der Waals surface area contributed by atoms with Crippen molar-refractivity contribution >= 4 is 17.5 Å². The van der Waals surface area contributed by atoms with Gasteiger partial charge in [0.2, 0.25) is 5.95 Å². The number of primary amides is 1. The van der Waals surface area contributed by atoms with Crippen molar-refractivity contribution in [3.8, 4) is 0 Å². The van der Waals surface area contributed by atoms with Crippen molar-refractivity contribution in [2.75, 3.05) is 0 Å². The minimum absolute atomic E-state index is 0.427. The summed E-state index contributed by atoms with van der Waals surface area (Å²) in [7, 11) is 0. The molecule has 0 aromatic carbocycles. The monoisotopic (exact) mass is 224 g/mol. The number of pyridine rings is 1. The van der Waals surface area contributed by atoms with E-state index in [2.05, 4.69) is 4.98 Å². The topological polar surface area (TPSA) is 56.0 Å². The van der Waals surface area contributed by atoms with Crippen molar-refractivity contribution in [2.24, 2.45) is 5.73 Å². The lowest BCUT2D eigenvalue weighted by Crippen LogP contribution is -2.14. The molecule has 3 nitrogen and oxygen atoms in total. The van der Waals surface area contributed by atoms with Gasteiger partial charge in [0.1, 0.15) is 5.15 Å². The largest absolute Gasteiger partial charge is 0.366 e. The predicted octanol–water partition coefficient (Wildman–Crippen LogP) is 1.91. The molecular formula is C7H4ClF3N2O. The number of halogens is 4. The van der Waals surface area contributed by atoms with Gasteiger partial charge in [0.15, 0.2) is 0 Å². The van der Waals surface area contributed by atoms with E-state index in [4.69, 9.17) is 17.3 Å². The van der Waals surface area contributed by atoms with Crippen molar-refractivity contribution < 1.29 is 18.0 Å². The molecule has 0 fully saturated rings. The number of alkyl halides is 2. The highest BCUT2D eigenvalue weighted by molar-refractivity contribution is 6.32. The van der Waals surface area contributed by atoms with E-state index in [0.717, 1.165) is 0 Å². The first-order valence-electron chi connectivity index (χ1n) is 3.37. The number of nitrogens with zero attached hydrogens (tertiary/aromatic N) is 1. The zero-order chi connectivity index (χ0) is 10.9. The lowest BCUT2D eigenvalue weighted by atomic mass is 10.2. The normalized spacial score (nSPS) is 10.6. The van der Waals surface area contributed by atoms with Crippen LogP contribution in [0.3, 0.4) is 0 Å². The number of amides is 1. The predicted molar refractivity (Wildman–Crippen MR) is 42.7 cm³/mol. The molecule has 0 saturated carbocycles. The Morgan fingerprint density at radius 1 is 1.57 bits per heavy atom. The Morgan fingerprint density at radius 3 is 2.57 bits per heavy atom. The van der Waals surface area contributed by atoms with Crippen LogP contribution in [0.1, 0.15) is 22.3 Å². The standard InChI is InChI=1S/C7H4ClF3N2O/c8-4-2(7(12)14)1-3(5(9)10)6(11)13-4/h1,5H,(H2,12,14). The summed E-state index contributed by atoms with van der Waals surface area (Å²) in [4.78, 5) is 13.6. The average molecular weight is 225 g/mol.